The van der Waals surface area contributed by atoms with Crippen LogP contribution in [0.3, 0.4) is 0 Å². The van der Waals surface area contributed by atoms with Crippen LogP contribution >= 0.6 is 0 Å². The molecule has 0 bridgehead atoms. The summed E-state index contributed by atoms with van der Waals surface area (Å²) >= 11 is 0. The van der Waals surface area contributed by atoms with Gasteiger partial charge in [0.05, 0.1) is 0 Å². The van der Waals surface area contributed by atoms with Crippen molar-refractivity contribution in [3.8, 4) is 0 Å². The Labute approximate surface area is 153 Å². The average Bonchev–Trinajstić information content (AvgIpc) is 2.58. The second-order valence-corrected chi connectivity index (χ2v) is 5.87. The van der Waals surface area contributed by atoms with E-state index in [0.29, 0.717) is 0 Å². The third-order valence-electron chi connectivity index (χ3n) is 3.49. The van der Waals surface area contributed by atoms with Crippen LogP contribution in [-0.4, -0.2) is 22.2 Å². The van der Waals surface area contributed by atoms with Crippen molar-refractivity contribution in [2.24, 2.45) is 0 Å². The standard InChI is InChI=1S/C18H30O2.C3H6O2/c1-2-3-4-5-6-7-8-9-10-11-12-13-14-15-16-17-18(19)20;1-2-3(4)5/h12-17H,2-11H2,1H3,(H,19,20);2H2,1H3,(H,4,5). The lowest BCUT2D eigenvalue weighted by atomic mass is 10.1. The molecular weight excluding hydrogens is 316 g/mol. The Balaban J connectivity index is 0. The zero-order valence-corrected chi connectivity index (χ0v) is 16.0. The van der Waals surface area contributed by atoms with Gasteiger partial charge in [-0.15, -0.1) is 0 Å². The predicted octanol–water partition coefficient (Wildman–Crippen LogP) is 6.14. The molecule has 0 saturated heterocycles. The Morgan fingerprint density at radius 2 is 1.20 bits per heavy atom. The number of carboxylic acids is 2. The van der Waals surface area contributed by atoms with Crippen LogP contribution in [0.4, 0.5) is 0 Å². The molecule has 0 aromatic heterocycles. The van der Waals surface area contributed by atoms with Gasteiger partial charge in [-0.1, -0.05) is 95.6 Å². The second-order valence-electron chi connectivity index (χ2n) is 5.87. The summed E-state index contributed by atoms with van der Waals surface area (Å²) in [5.74, 6) is -1.65. The Bertz CT molecular complexity index is 395. The van der Waals surface area contributed by atoms with Gasteiger partial charge >= 0.3 is 11.9 Å². The molecule has 25 heavy (non-hydrogen) atoms. The van der Waals surface area contributed by atoms with Crippen LogP contribution in [0.15, 0.2) is 36.5 Å². The van der Waals surface area contributed by atoms with Crippen molar-refractivity contribution in [1.82, 2.24) is 0 Å². The predicted molar refractivity (Wildman–Crippen MR) is 105 cm³/mol. The third-order valence-corrected chi connectivity index (χ3v) is 3.49. The lowest BCUT2D eigenvalue weighted by molar-refractivity contribution is -0.136. The molecule has 0 heterocycles. The summed E-state index contributed by atoms with van der Waals surface area (Å²) in [6, 6.07) is 0. The smallest absolute Gasteiger partial charge is 0.328 e. The van der Waals surface area contributed by atoms with Gasteiger partial charge in [-0.25, -0.2) is 4.79 Å². The van der Waals surface area contributed by atoms with Gasteiger partial charge in [0, 0.05) is 12.5 Å². The van der Waals surface area contributed by atoms with E-state index in [0.717, 1.165) is 12.5 Å². The maximum absolute atomic E-state index is 10.2. The zero-order valence-electron chi connectivity index (χ0n) is 16.0. The van der Waals surface area contributed by atoms with Crippen molar-refractivity contribution in [2.75, 3.05) is 0 Å². The Hall–Kier alpha value is -1.84. The van der Waals surface area contributed by atoms with E-state index in [1.807, 2.05) is 12.2 Å². The van der Waals surface area contributed by atoms with Gasteiger partial charge in [-0.3, -0.25) is 4.79 Å². The monoisotopic (exact) mass is 352 g/mol. The van der Waals surface area contributed by atoms with Gasteiger partial charge in [0.25, 0.3) is 0 Å². The van der Waals surface area contributed by atoms with E-state index in [9.17, 15) is 9.59 Å². The third kappa shape index (κ3) is 30.6. The van der Waals surface area contributed by atoms with Crippen molar-refractivity contribution in [2.45, 2.75) is 84.5 Å². The highest BCUT2D eigenvalue weighted by Gasteiger charge is 1.90. The molecular formula is C21H36O4. The SMILES string of the molecule is CCC(=O)O.CCCCCCCCCCCC=CC=CC=CC(=O)O. The molecule has 0 aliphatic heterocycles. The molecule has 0 saturated carbocycles. The number of hydrogen-bond donors (Lipinski definition) is 2. The Kier molecular flexibility index (Phi) is 22.5. The molecule has 4 heteroatoms. The number of rotatable bonds is 14. The molecule has 0 rings (SSSR count). The molecule has 0 radical (unpaired) electrons. The molecule has 0 amide bonds. The van der Waals surface area contributed by atoms with Gasteiger partial charge < -0.3 is 10.2 Å². The normalized spacial score (nSPS) is 11.1. The first-order valence-corrected chi connectivity index (χ1v) is 9.49. The Morgan fingerprint density at radius 3 is 1.68 bits per heavy atom. The quantitative estimate of drug-likeness (QED) is 0.224. The summed E-state index contributed by atoms with van der Waals surface area (Å²) in [7, 11) is 0. The summed E-state index contributed by atoms with van der Waals surface area (Å²) in [6.45, 7) is 3.85. The topological polar surface area (TPSA) is 74.6 Å². The van der Waals surface area contributed by atoms with Gasteiger partial charge in [-0.05, 0) is 12.8 Å². The van der Waals surface area contributed by atoms with Gasteiger partial charge in [0.2, 0.25) is 0 Å². The van der Waals surface area contributed by atoms with Crippen LogP contribution in [0.1, 0.15) is 84.5 Å². The summed E-state index contributed by atoms with van der Waals surface area (Å²) in [5, 5.41) is 16.1. The van der Waals surface area contributed by atoms with Gasteiger partial charge in [0.15, 0.2) is 0 Å². The van der Waals surface area contributed by atoms with Crippen LogP contribution < -0.4 is 0 Å². The molecule has 0 unspecified atom stereocenters. The number of allylic oxidation sites excluding steroid dienone is 5. The molecule has 0 atom stereocenters. The lowest BCUT2D eigenvalue weighted by Crippen LogP contribution is -1.86. The molecule has 0 fully saturated rings. The van der Waals surface area contributed by atoms with Gasteiger partial charge in [-0.2, -0.15) is 0 Å². The maximum atomic E-state index is 10.2. The summed E-state index contributed by atoms with van der Waals surface area (Å²) in [5.41, 5.74) is 0. The minimum atomic E-state index is -0.909. The summed E-state index contributed by atoms with van der Waals surface area (Å²) in [4.78, 5) is 19.6. The molecule has 144 valence electrons. The van der Waals surface area contributed by atoms with Crippen molar-refractivity contribution in [3.63, 3.8) is 0 Å². The molecule has 4 nitrogen and oxygen atoms in total. The number of carboxylic acid groups (broad SMARTS) is 2. The van der Waals surface area contributed by atoms with E-state index < -0.39 is 11.9 Å². The first-order chi connectivity index (χ1) is 12.0. The fourth-order valence-corrected chi connectivity index (χ4v) is 2.01. The van der Waals surface area contributed by atoms with Crippen LogP contribution in [-0.2, 0) is 9.59 Å². The van der Waals surface area contributed by atoms with Crippen LogP contribution in [0.25, 0.3) is 0 Å². The van der Waals surface area contributed by atoms with Crippen molar-refractivity contribution >= 4 is 11.9 Å². The maximum Gasteiger partial charge on any atom is 0.328 e. The van der Waals surface area contributed by atoms with Crippen LogP contribution in [0.5, 0.6) is 0 Å². The Morgan fingerprint density at radius 1 is 0.720 bits per heavy atom. The minimum Gasteiger partial charge on any atom is -0.481 e. The number of hydrogen-bond acceptors (Lipinski definition) is 2. The fraction of sp³-hybridized carbons (Fsp3) is 0.619. The van der Waals surface area contributed by atoms with Gasteiger partial charge in [0.1, 0.15) is 0 Å². The van der Waals surface area contributed by atoms with Crippen molar-refractivity contribution in [1.29, 1.82) is 0 Å². The second kappa shape index (κ2) is 22.2. The number of unbranched alkanes of at least 4 members (excludes halogenated alkanes) is 9. The molecule has 0 aromatic rings. The highest BCUT2D eigenvalue weighted by atomic mass is 16.4. The summed E-state index contributed by atoms with van der Waals surface area (Å²) in [6.07, 6.45) is 24.0. The van der Waals surface area contributed by atoms with Crippen molar-refractivity contribution < 1.29 is 19.8 Å². The van der Waals surface area contributed by atoms with Crippen LogP contribution in [0.2, 0.25) is 0 Å². The van der Waals surface area contributed by atoms with E-state index in [-0.39, 0.29) is 6.42 Å². The van der Waals surface area contributed by atoms with E-state index >= 15 is 0 Å². The van der Waals surface area contributed by atoms with E-state index in [1.165, 1.54) is 63.9 Å². The van der Waals surface area contributed by atoms with E-state index in [2.05, 4.69) is 13.0 Å². The lowest BCUT2D eigenvalue weighted by Gasteiger charge is -2.00. The van der Waals surface area contributed by atoms with E-state index in [1.54, 1.807) is 13.0 Å². The first-order valence-electron chi connectivity index (χ1n) is 9.49. The summed E-state index contributed by atoms with van der Waals surface area (Å²) < 4.78 is 0. The molecule has 0 aliphatic rings. The van der Waals surface area contributed by atoms with E-state index in [4.69, 9.17) is 10.2 Å². The first kappa shape index (κ1) is 25.4. The number of aliphatic carboxylic acids is 2. The largest absolute Gasteiger partial charge is 0.481 e. The average molecular weight is 353 g/mol. The molecule has 0 aromatic carbocycles. The molecule has 0 spiro atoms. The minimum absolute atomic E-state index is 0.222. The highest BCUT2D eigenvalue weighted by Crippen LogP contribution is 2.10. The highest BCUT2D eigenvalue weighted by molar-refractivity contribution is 5.80. The molecule has 0 aliphatic carbocycles. The van der Waals surface area contributed by atoms with Crippen LogP contribution in [0, 0.1) is 0 Å². The number of carbonyl (C=O) groups is 2. The fourth-order valence-electron chi connectivity index (χ4n) is 2.01. The zero-order chi connectivity index (χ0) is 19.2. The molecule has 2 N–H and O–H groups in total. The van der Waals surface area contributed by atoms with Crippen molar-refractivity contribution in [3.05, 3.63) is 36.5 Å².